The van der Waals surface area contributed by atoms with Crippen molar-refractivity contribution in [2.24, 2.45) is 5.92 Å². The van der Waals surface area contributed by atoms with Gasteiger partial charge in [0.25, 0.3) is 0 Å². The van der Waals surface area contributed by atoms with Gasteiger partial charge in [-0.2, -0.15) is 0 Å². The summed E-state index contributed by atoms with van der Waals surface area (Å²) < 4.78 is 0. The minimum absolute atomic E-state index is 0.0439. The first kappa shape index (κ1) is 19.5. The number of rotatable bonds is 7. The van der Waals surface area contributed by atoms with Gasteiger partial charge in [-0.05, 0) is 30.7 Å². The summed E-state index contributed by atoms with van der Waals surface area (Å²) in [5.41, 5.74) is 2.22. The number of anilines is 2. The molecule has 0 aliphatic heterocycles. The average Bonchev–Trinajstić information content (AvgIpc) is 2.53. The van der Waals surface area contributed by atoms with Crippen LogP contribution in [0.3, 0.4) is 0 Å². The molecule has 0 aliphatic carbocycles. The van der Waals surface area contributed by atoms with Crippen LogP contribution in [0.1, 0.15) is 32.8 Å². The first-order valence-corrected chi connectivity index (χ1v) is 8.06. The highest BCUT2D eigenvalue weighted by Crippen LogP contribution is 2.19. The molecule has 24 heavy (non-hydrogen) atoms. The van der Waals surface area contributed by atoms with Crippen LogP contribution in [-0.4, -0.2) is 30.9 Å². The molecule has 0 bridgehead atoms. The lowest BCUT2D eigenvalue weighted by Gasteiger charge is -2.12. The Kier molecular flexibility index (Phi) is 7.74. The number of aryl methyl sites for hydroxylation is 1. The predicted octanol–water partition coefficient (Wildman–Crippen LogP) is 2.24. The molecule has 0 spiro atoms. The summed E-state index contributed by atoms with van der Waals surface area (Å²) in [7, 11) is 0. The van der Waals surface area contributed by atoms with Crippen LogP contribution in [0.2, 0.25) is 0 Å². The predicted molar refractivity (Wildman–Crippen MR) is 95.0 cm³/mol. The van der Waals surface area contributed by atoms with Crippen LogP contribution in [-0.2, 0) is 9.59 Å². The third-order valence-electron chi connectivity index (χ3n) is 3.31. The minimum Gasteiger partial charge on any atom is -0.354 e. The number of urea groups is 1. The second-order valence-electron chi connectivity index (χ2n) is 5.76. The van der Waals surface area contributed by atoms with Gasteiger partial charge in [-0.15, -0.1) is 0 Å². The number of carbonyl (C=O) groups is 3. The van der Waals surface area contributed by atoms with Crippen molar-refractivity contribution in [1.82, 2.24) is 10.6 Å². The normalized spacial score (nSPS) is 10.2. The molecule has 7 nitrogen and oxygen atoms in total. The van der Waals surface area contributed by atoms with Crippen LogP contribution in [0.5, 0.6) is 0 Å². The summed E-state index contributed by atoms with van der Waals surface area (Å²) in [5.74, 6) is -0.175. The van der Waals surface area contributed by atoms with Crippen molar-refractivity contribution < 1.29 is 14.4 Å². The Balaban J connectivity index is 2.43. The zero-order valence-corrected chi connectivity index (χ0v) is 14.7. The maximum Gasteiger partial charge on any atom is 0.319 e. The lowest BCUT2D eigenvalue weighted by atomic mass is 10.1. The summed E-state index contributed by atoms with van der Waals surface area (Å²) in [4.78, 5) is 34.6. The van der Waals surface area contributed by atoms with E-state index >= 15 is 0 Å². The van der Waals surface area contributed by atoms with E-state index in [1.807, 2.05) is 20.8 Å². The van der Waals surface area contributed by atoms with Crippen molar-refractivity contribution in [3.63, 3.8) is 0 Å². The lowest BCUT2D eigenvalue weighted by Crippen LogP contribution is -2.38. The molecule has 0 saturated heterocycles. The monoisotopic (exact) mass is 334 g/mol. The third kappa shape index (κ3) is 6.68. The standard InChI is InChI=1S/C17H26N4O3/c1-5-15(22)21-14-7-6-13(10-12(14)4)20-17(24)19-9-8-18-16(23)11(2)3/h6-7,10-11H,5,8-9H2,1-4H3,(H,18,23)(H,21,22)(H2,19,20,24). The van der Waals surface area contributed by atoms with Gasteiger partial charge >= 0.3 is 6.03 Å². The molecule has 0 aliphatic rings. The smallest absolute Gasteiger partial charge is 0.319 e. The summed E-state index contributed by atoms with van der Waals surface area (Å²) in [6.45, 7) is 7.98. The molecule has 0 atom stereocenters. The van der Waals surface area contributed by atoms with Gasteiger partial charge in [-0.1, -0.05) is 20.8 Å². The zero-order valence-electron chi connectivity index (χ0n) is 14.7. The first-order chi connectivity index (χ1) is 11.3. The first-order valence-electron chi connectivity index (χ1n) is 8.06. The molecular weight excluding hydrogens is 308 g/mol. The highest BCUT2D eigenvalue weighted by atomic mass is 16.2. The van der Waals surface area contributed by atoms with Crippen LogP contribution in [0.4, 0.5) is 16.2 Å². The Bertz CT molecular complexity index is 599. The molecule has 7 heteroatoms. The largest absolute Gasteiger partial charge is 0.354 e. The molecule has 4 amide bonds. The van der Waals surface area contributed by atoms with Crippen molar-refractivity contribution >= 4 is 29.2 Å². The fraction of sp³-hybridized carbons (Fsp3) is 0.471. The molecule has 0 heterocycles. The van der Waals surface area contributed by atoms with Crippen molar-refractivity contribution in [2.45, 2.75) is 34.1 Å². The highest BCUT2D eigenvalue weighted by molar-refractivity contribution is 5.93. The molecular formula is C17H26N4O3. The van der Waals surface area contributed by atoms with Crippen molar-refractivity contribution in [3.05, 3.63) is 23.8 Å². The molecule has 1 aromatic rings. The average molecular weight is 334 g/mol. The Morgan fingerprint density at radius 2 is 1.71 bits per heavy atom. The Morgan fingerprint density at radius 1 is 1.04 bits per heavy atom. The van der Waals surface area contributed by atoms with Crippen molar-refractivity contribution in [1.29, 1.82) is 0 Å². The second-order valence-corrected chi connectivity index (χ2v) is 5.76. The molecule has 1 rings (SSSR count). The lowest BCUT2D eigenvalue weighted by molar-refractivity contribution is -0.124. The van der Waals surface area contributed by atoms with E-state index < -0.39 is 0 Å². The fourth-order valence-electron chi connectivity index (χ4n) is 1.86. The molecule has 0 fully saturated rings. The van der Waals surface area contributed by atoms with Gasteiger partial charge in [-0.25, -0.2) is 4.79 Å². The summed E-state index contributed by atoms with van der Waals surface area (Å²) >= 11 is 0. The van der Waals surface area contributed by atoms with Crippen LogP contribution in [0, 0.1) is 12.8 Å². The van der Waals surface area contributed by atoms with Gasteiger partial charge in [-0.3, -0.25) is 9.59 Å². The minimum atomic E-state index is -0.349. The van der Waals surface area contributed by atoms with E-state index in [1.54, 1.807) is 25.1 Å². The van der Waals surface area contributed by atoms with Crippen LogP contribution in [0.15, 0.2) is 18.2 Å². The summed E-state index contributed by atoms with van der Waals surface area (Å²) in [5, 5.41) is 10.9. The van der Waals surface area contributed by atoms with E-state index in [2.05, 4.69) is 21.3 Å². The summed E-state index contributed by atoms with van der Waals surface area (Å²) in [6, 6.07) is 4.91. The van der Waals surface area contributed by atoms with E-state index in [-0.39, 0.29) is 23.8 Å². The maximum absolute atomic E-state index is 11.8. The van der Waals surface area contributed by atoms with E-state index in [0.717, 1.165) is 11.3 Å². The quantitative estimate of drug-likeness (QED) is 0.575. The van der Waals surface area contributed by atoms with E-state index in [9.17, 15) is 14.4 Å². The maximum atomic E-state index is 11.8. The van der Waals surface area contributed by atoms with Gasteiger partial charge < -0.3 is 21.3 Å². The van der Waals surface area contributed by atoms with Crippen molar-refractivity contribution in [2.75, 3.05) is 23.7 Å². The summed E-state index contributed by atoms with van der Waals surface area (Å²) in [6.07, 6.45) is 0.412. The molecule has 4 N–H and O–H groups in total. The van der Waals surface area contributed by atoms with Crippen LogP contribution < -0.4 is 21.3 Å². The van der Waals surface area contributed by atoms with E-state index in [0.29, 0.717) is 25.2 Å². The number of hydrogen-bond acceptors (Lipinski definition) is 3. The number of benzene rings is 1. The highest BCUT2D eigenvalue weighted by Gasteiger charge is 2.07. The molecule has 0 unspecified atom stereocenters. The number of hydrogen-bond donors (Lipinski definition) is 4. The molecule has 132 valence electrons. The van der Waals surface area contributed by atoms with Gasteiger partial charge in [0.05, 0.1) is 0 Å². The molecule has 1 aromatic carbocycles. The number of nitrogens with one attached hydrogen (secondary N) is 4. The topological polar surface area (TPSA) is 99.3 Å². The fourth-order valence-corrected chi connectivity index (χ4v) is 1.86. The van der Waals surface area contributed by atoms with Gasteiger partial charge in [0, 0.05) is 36.8 Å². The Hall–Kier alpha value is -2.57. The zero-order chi connectivity index (χ0) is 18.1. The third-order valence-corrected chi connectivity index (χ3v) is 3.31. The number of carbonyl (C=O) groups excluding carboxylic acids is 3. The molecule has 0 radical (unpaired) electrons. The van der Waals surface area contributed by atoms with Crippen LogP contribution >= 0.6 is 0 Å². The Morgan fingerprint density at radius 3 is 2.29 bits per heavy atom. The van der Waals surface area contributed by atoms with E-state index in [1.165, 1.54) is 0 Å². The SMILES string of the molecule is CCC(=O)Nc1ccc(NC(=O)NCCNC(=O)C(C)C)cc1C. The van der Waals surface area contributed by atoms with Gasteiger partial charge in [0.1, 0.15) is 0 Å². The molecule has 0 aromatic heterocycles. The van der Waals surface area contributed by atoms with Gasteiger partial charge in [0.2, 0.25) is 11.8 Å². The number of amides is 4. The second kappa shape index (κ2) is 9.54. The Labute approximate surface area is 142 Å². The van der Waals surface area contributed by atoms with Gasteiger partial charge in [0.15, 0.2) is 0 Å². The van der Waals surface area contributed by atoms with Crippen LogP contribution in [0.25, 0.3) is 0 Å². The van der Waals surface area contributed by atoms with Crippen molar-refractivity contribution in [3.8, 4) is 0 Å². The van der Waals surface area contributed by atoms with E-state index in [4.69, 9.17) is 0 Å². The molecule has 0 saturated carbocycles.